The van der Waals surface area contributed by atoms with Gasteiger partial charge in [0, 0.05) is 24.2 Å². The van der Waals surface area contributed by atoms with Crippen LogP contribution in [-0.4, -0.2) is 38.3 Å². The lowest BCUT2D eigenvalue weighted by Crippen LogP contribution is -2.45. The number of piperidine rings is 1. The summed E-state index contributed by atoms with van der Waals surface area (Å²) >= 11 is 0. The van der Waals surface area contributed by atoms with Crippen molar-refractivity contribution >= 4 is 0 Å². The van der Waals surface area contributed by atoms with Gasteiger partial charge in [-0.2, -0.15) is 0 Å². The Morgan fingerprint density at radius 1 is 1.29 bits per heavy atom. The fraction of sp³-hybridized carbons (Fsp3) is 0.647. The van der Waals surface area contributed by atoms with Crippen LogP contribution in [-0.2, 0) is 0 Å². The Bertz CT molecular complexity index is 464. The summed E-state index contributed by atoms with van der Waals surface area (Å²) in [7, 11) is 3.42. The number of nitrogens with two attached hydrogens (primary N) is 1. The van der Waals surface area contributed by atoms with Gasteiger partial charge in [-0.3, -0.25) is 4.90 Å². The molecular formula is C17H28N2O2. The second-order valence-corrected chi connectivity index (χ2v) is 6.01. The van der Waals surface area contributed by atoms with Gasteiger partial charge in [-0.25, -0.2) is 0 Å². The largest absolute Gasteiger partial charge is 0.497 e. The van der Waals surface area contributed by atoms with Crippen molar-refractivity contribution in [3.63, 3.8) is 0 Å². The average molecular weight is 292 g/mol. The number of benzene rings is 1. The van der Waals surface area contributed by atoms with E-state index in [0.717, 1.165) is 24.6 Å². The number of hydrogen-bond donors (Lipinski definition) is 1. The SMILES string of the molecule is COc1ccc(OC)c(C(C)N2CC(CN)CCC2C)c1. The molecule has 0 aromatic heterocycles. The maximum atomic E-state index is 5.88. The van der Waals surface area contributed by atoms with Crippen molar-refractivity contribution in [1.82, 2.24) is 4.90 Å². The molecule has 3 unspecified atom stereocenters. The highest BCUT2D eigenvalue weighted by Crippen LogP contribution is 2.36. The van der Waals surface area contributed by atoms with E-state index in [9.17, 15) is 0 Å². The van der Waals surface area contributed by atoms with Crippen LogP contribution in [0.25, 0.3) is 0 Å². The van der Waals surface area contributed by atoms with E-state index in [-0.39, 0.29) is 0 Å². The van der Waals surface area contributed by atoms with Gasteiger partial charge >= 0.3 is 0 Å². The summed E-state index contributed by atoms with van der Waals surface area (Å²) < 4.78 is 10.9. The van der Waals surface area contributed by atoms with Gasteiger partial charge < -0.3 is 15.2 Å². The molecular weight excluding hydrogens is 264 g/mol. The molecule has 0 bridgehead atoms. The highest BCUT2D eigenvalue weighted by atomic mass is 16.5. The first-order valence-corrected chi connectivity index (χ1v) is 7.78. The summed E-state index contributed by atoms with van der Waals surface area (Å²) in [5, 5.41) is 0. The van der Waals surface area contributed by atoms with Crippen molar-refractivity contribution < 1.29 is 9.47 Å². The molecule has 1 aromatic rings. The first-order valence-electron chi connectivity index (χ1n) is 7.78. The molecule has 21 heavy (non-hydrogen) atoms. The van der Waals surface area contributed by atoms with E-state index in [1.165, 1.54) is 18.4 Å². The van der Waals surface area contributed by atoms with E-state index in [0.29, 0.717) is 18.0 Å². The summed E-state index contributed by atoms with van der Waals surface area (Å²) in [4.78, 5) is 2.54. The van der Waals surface area contributed by atoms with Gasteiger partial charge in [-0.15, -0.1) is 0 Å². The lowest BCUT2D eigenvalue weighted by atomic mass is 9.90. The molecule has 4 heteroatoms. The van der Waals surface area contributed by atoms with Gasteiger partial charge in [-0.1, -0.05) is 0 Å². The lowest BCUT2D eigenvalue weighted by Gasteiger charge is -2.42. The molecule has 3 atom stereocenters. The minimum Gasteiger partial charge on any atom is -0.497 e. The fourth-order valence-corrected chi connectivity index (χ4v) is 3.29. The van der Waals surface area contributed by atoms with E-state index in [1.807, 2.05) is 12.1 Å². The monoisotopic (exact) mass is 292 g/mol. The summed E-state index contributed by atoms with van der Waals surface area (Å²) in [5.74, 6) is 2.39. The van der Waals surface area contributed by atoms with E-state index in [4.69, 9.17) is 15.2 Å². The minimum atomic E-state index is 0.291. The lowest BCUT2D eigenvalue weighted by molar-refractivity contribution is 0.0800. The minimum absolute atomic E-state index is 0.291. The van der Waals surface area contributed by atoms with Crippen molar-refractivity contribution in [2.75, 3.05) is 27.3 Å². The third kappa shape index (κ3) is 3.50. The Kier molecular flexibility index (Phi) is 5.48. The topological polar surface area (TPSA) is 47.7 Å². The molecule has 1 aliphatic rings. The van der Waals surface area contributed by atoms with Crippen LogP contribution in [0.15, 0.2) is 18.2 Å². The molecule has 0 aliphatic carbocycles. The van der Waals surface area contributed by atoms with Crippen molar-refractivity contribution in [3.05, 3.63) is 23.8 Å². The molecule has 0 amide bonds. The van der Waals surface area contributed by atoms with Crippen molar-refractivity contribution in [2.45, 2.75) is 38.8 Å². The van der Waals surface area contributed by atoms with Crippen LogP contribution in [0.2, 0.25) is 0 Å². The quantitative estimate of drug-likeness (QED) is 0.906. The van der Waals surface area contributed by atoms with Crippen LogP contribution < -0.4 is 15.2 Å². The normalized spacial score (nSPS) is 24.6. The Labute approximate surface area is 128 Å². The van der Waals surface area contributed by atoms with E-state index < -0.39 is 0 Å². The number of rotatable bonds is 5. The summed E-state index contributed by atoms with van der Waals surface area (Å²) in [5.41, 5.74) is 7.06. The number of likely N-dealkylation sites (tertiary alicyclic amines) is 1. The van der Waals surface area contributed by atoms with Gasteiger partial charge in [0.2, 0.25) is 0 Å². The smallest absolute Gasteiger partial charge is 0.123 e. The predicted octanol–water partition coefficient (Wildman–Crippen LogP) is 2.82. The Morgan fingerprint density at radius 2 is 2.05 bits per heavy atom. The van der Waals surface area contributed by atoms with Crippen molar-refractivity contribution in [3.8, 4) is 11.5 Å². The van der Waals surface area contributed by atoms with Gasteiger partial charge in [0.05, 0.1) is 14.2 Å². The molecule has 1 saturated heterocycles. The summed E-state index contributed by atoms with van der Waals surface area (Å²) in [6.07, 6.45) is 2.44. The molecule has 4 nitrogen and oxygen atoms in total. The zero-order chi connectivity index (χ0) is 15.4. The first kappa shape index (κ1) is 16.1. The predicted molar refractivity (Wildman–Crippen MR) is 85.9 cm³/mol. The summed E-state index contributed by atoms with van der Waals surface area (Å²) in [6, 6.07) is 6.87. The second kappa shape index (κ2) is 7.14. The molecule has 2 N–H and O–H groups in total. The number of hydrogen-bond acceptors (Lipinski definition) is 4. The zero-order valence-corrected chi connectivity index (χ0v) is 13.6. The van der Waals surface area contributed by atoms with Crippen LogP contribution in [0.4, 0.5) is 0 Å². The molecule has 1 fully saturated rings. The van der Waals surface area contributed by atoms with Gasteiger partial charge in [0.15, 0.2) is 0 Å². The van der Waals surface area contributed by atoms with Gasteiger partial charge in [0.25, 0.3) is 0 Å². The van der Waals surface area contributed by atoms with Crippen LogP contribution in [0.5, 0.6) is 11.5 Å². The molecule has 0 radical (unpaired) electrons. The molecule has 1 aromatic carbocycles. The highest BCUT2D eigenvalue weighted by molar-refractivity contribution is 5.42. The van der Waals surface area contributed by atoms with Crippen LogP contribution >= 0.6 is 0 Å². The number of ether oxygens (including phenoxy) is 2. The molecule has 2 rings (SSSR count). The zero-order valence-electron chi connectivity index (χ0n) is 13.6. The molecule has 1 aliphatic heterocycles. The van der Waals surface area contributed by atoms with Crippen molar-refractivity contribution in [1.29, 1.82) is 0 Å². The van der Waals surface area contributed by atoms with Crippen LogP contribution in [0, 0.1) is 5.92 Å². The number of methoxy groups -OCH3 is 2. The van der Waals surface area contributed by atoms with Crippen LogP contribution in [0.3, 0.4) is 0 Å². The Balaban J connectivity index is 2.26. The van der Waals surface area contributed by atoms with E-state index in [1.54, 1.807) is 14.2 Å². The first-order chi connectivity index (χ1) is 10.1. The Morgan fingerprint density at radius 3 is 2.67 bits per heavy atom. The van der Waals surface area contributed by atoms with E-state index in [2.05, 4.69) is 24.8 Å². The van der Waals surface area contributed by atoms with Gasteiger partial charge in [0.1, 0.15) is 11.5 Å². The standard InChI is InChI=1S/C17H28N2O2/c1-12-5-6-14(10-18)11-19(12)13(2)16-9-15(20-3)7-8-17(16)21-4/h7-9,12-14H,5-6,10-11,18H2,1-4H3. The molecule has 118 valence electrons. The van der Waals surface area contributed by atoms with Crippen molar-refractivity contribution in [2.24, 2.45) is 11.7 Å². The molecule has 1 heterocycles. The number of nitrogens with zero attached hydrogens (tertiary/aromatic N) is 1. The van der Waals surface area contributed by atoms with Crippen LogP contribution in [0.1, 0.15) is 38.3 Å². The Hall–Kier alpha value is -1.26. The third-order valence-corrected chi connectivity index (χ3v) is 4.75. The fourth-order valence-electron chi connectivity index (χ4n) is 3.29. The van der Waals surface area contributed by atoms with Gasteiger partial charge in [-0.05, 0) is 57.4 Å². The van der Waals surface area contributed by atoms with E-state index >= 15 is 0 Å². The average Bonchev–Trinajstić information content (AvgIpc) is 2.54. The third-order valence-electron chi connectivity index (χ3n) is 4.75. The summed E-state index contributed by atoms with van der Waals surface area (Å²) in [6.45, 7) is 6.37. The molecule has 0 saturated carbocycles. The maximum Gasteiger partial charge on any atom is 0.123 e. The highest BCUT2D eigenvalue weighted by Gasteiger charge is 2.30. The maximum absolute atomic E-state index is 5.88. The molecule has 0 spiro atoms. The second-order valence-electron chi connectivity index (χ2n) is 6.01.